The minimum absolute atomic E-state index is 0.0254. The third kappa shape index (κ3) is 3.22. The van der Waals surface area contributed by atoms with E-state index in [0.717, 1.165) is 38.0 Å². The first-order valence-electron chi connectivity index (χ1n) is 9.57. The van der Waals surface area contributed by atoms with Gasteiger partial charge < -0.3 is 15.1 Å². The van der Waals surface area contributed by atoms with Gasteiger partial charge in [0.2, 0.25) is 11.8 Å². The van der Waals surface area contributed by atoms with Gasteiger partial charge in [-0.25, -0.2) is 4.39 Å². The molecule has 2 amide bonds. The Balaban J connectivity index is 1.53. The summed E-state index contributed by atoms with van der Waals surface area (Å²) < 4.78 is 13.3. The van der Waals surface area contributed by atoms with E-state index in [1.54, 1.807) is 24.1 Å². The van der Waals surface area contributed by atoms with Crippen molar-refractivity contribution in [3.8, 4) is 0 Å². The van der Waals surface area contributed by atoms with E-state index in [1.807, 2.05) is 0 Å². The molecule has 0 saturated carbocycles. The molecule has 0 radical (unpaired) electrons. The van der Waals surface area contributed by atoms with Gasteiger partial charge in [0.25, 0.3) is 0 Å². The van der Waals surface area contributed by atoms with E-state index >= 15 is 0 Å². The normalized spacial score (nSPS) is 34.0. The van der Waals surface area contributed by atoms with Crippen LogP contribution < -0.4 is 5.32 Å². The lowest BCUT2D eigenvalue weighted by atomic mass is 9.81. The van der Waals surface area contributed by atoms with Gasteiger partial charge in [-0.15, -0.1) is 0 Å². The number of likely N-dealkylation sites (tertiary alicyclic amines) is 1. The average molecular weight is 359 g/mol. The molecule has 1 aromatic rings. The molecule has 1 aromatic carbocycles. The monoisotopic (exact) mass is 359 g/mol. The number of hydrogen-bond acceptors (Lipinski definition) is 3. The molecular weight excluding hydrogens is 333 g/mol. The lowest BCUT2D eigenvalue weighted by molar-refractivity contribution is -0.142. The van der Waals surface area contributed by atoms with Crippen molar-refractivity contribution in [3.63, 3.8) is 0 Å². The van der Waals surface area contributed by atoms with Crippen LogP contribution in [0.4, 0.5) is 4.39 Å². The minimum atomic E-state index is -0.335. The molecule has 3 unspecified atom stereocenters. The van der Waals surface area contributed by atoms with Gasteiger partial charge >= 0.3 is 0 Å². The molecule has 0 aromatic heterocycles. The number of carbonyl (C=O) groups is 2. The smallest absolute Gasteiger partial charge is 0.225 e. The lowest BCUT2D eigenvalue weighted by Gasteiger charge is -2.46. The SMILES string of the molecule is CN1C(=O)CCC(C(=O)NC2CN3CCC2CC3)C1c1ccc(F)cc1. The molecule has 26 heavy (non-hydrogen) atoms. The number of fused-ring (bicyclic) bond motifs is 3. The zero-order valence-corrected chi connectivity index (χ0v) is 15.2. The number of nitrogens with zero attached hydrogens (tertiary/aromatic N) is 2. The summed E-state index contributed by atoms with van der Waals surface area (Å²) in [5.41, 5.74) is 0.816. The van der Waals surface area contributed by atoms with Gasteiger partial charge in [-0.05, 0) is 56.0 Å². The molecule has 6 heteroatoms. The molecule has 1 N–H and O–H groups in total. The van der Waals surface area contributed by atoms with Crippen LogP contribution in [-0.4, -0.2) is 54.3 Å². The zero-order chi connectivity index (χ0) is 18.3. The number of hydrogen-bond donors (Lipinski definition) is 1. The van der Waals surface area contributed by atoms with Crippen molar-refractivity contribution in [1.82, 2.24) is 15.1 Å². The molecule has 140 valence electrons. The number of rotatable bonds is 3. The largest absolute Gasteiger partial charge is 0.351 e. The third-order valence-corrected chi connectivity index (χ3v) is 6.39. The van der Waals surface area contributed by atoms with Crippen LogP contribution in [0.3, 0.4) is 0 Å². The molecule has 2 bridgehead atoms. The van der Waals surface area contributed by atoms with E-state index in [0.29, 0.717) is 18.8 Å². The third-order valence-electron chi connectivity index (χ3n) is 6.39. The van der Waals surface area contributed by atoms with Gasteiger partial charge in [0, 0.05) is 26.1 Å². The molecule has 0 spiro atoms. The Labute approximate surface area is 153 Å². The van der Waals surface area contributed by atoms with Crippen molar-refractivity contribution in [2.75, 3.05) is 26.7 Å². The number of carbonyl (C=O) groups excluding carboxylic acids is 2. The highest BCUT2D eigenvalue weighted by Crippen LogP contribution is 2.36. The second-order valence-corrected chi connectivity index (χ2v) is 7.90. The maximum absolute atomic E-state index is 13.3. The standard InChI is InChI=1S/C20H26FN3O2/c1-23-18(25)7-6-16(19(23)14-2-4-15(21)5-3-14)20(26)22-17-12-24-10-8-13(17)9-11-24/h2-5,13,16-17,19H,6-12H2,1H3,(H,22,26). The van der Waals surface area contributed by atoms with Gasteiger partial charge in [0.15, 0.2) is 0 Å². The Morgan fingerprint density at radius 1 is 1.15 bits per heavy atom. The summed E-state index contributed by atoms with van der Waals surface area (Å²) in [7, 11) is 1.74. The van der Waals surface area contributed by atoms with Gasteiger partial charge in [-0.3, -0.25) is 9.59 Å². The van der Waals surface area contributed by atoms with E-state index in [9.17, 15) is 14.0 Å². The molecule has 4 aliphatic heterocycles. The number of nitrogens with one attached hydrogen (secondary N) is 1. The molecule has 4 aliphatic rings. The van der Waals surface area contributed by atoms with Gasteiger partial charge in [0.1, 0.15) is 5.82 Å². The topological polar surface area (TPSA) is 52.7 Å². The highest BCUT2D eigenvalue weighted by molar-refractivity contribution is 5.85. The van der Waals surface area contributed by atoms with Crippen molar-refractivity contribution in [3.05, 3.63) is 35.6 Å². The van der Waals surface area contributed by atoms with E-state index in [4.69, 9.17) is 0 Å². The zero-order valence-electron chi connectivity index (χ0n) is 15.2. The Kier molecular flexibility index (Phi) is 4.69. The van der Waals surface area contributed by atoms with Crippen LogP contribution >= 0.6 is 0 Å². The van der Waals surface area contributed by atoms with Crippen molar-refractivity contribution in [1.29, 1.82) is 0 Å². The highest BCUT2D eigenvalue weighted by Gasteiger charge is 2.41. The summed E-state index contributed by atoms with van der Waals surface area (Å²) in [5.74, 6) is 0.0187. The van der Waals surface area contributed by atoms with Crippen LogP contribution in [0.1, 0.15) is 37.3 Å². The fraction of sp³-hybridized carbons (Fsp3) is 0.600. The first-order chi connectivity index (χ1) is 12.5. The molecular formula is C20H26FN3O2. The summed E-state index contributed by atoms with van der Waals surface area (Å²) in [5, 5.41) is 3.27. The van der Waals surface area contributed by atoms with Gasteiger partial charge in [0.05, 0.1) is 12.0 Å². The summed E-state index contributed by atoms with van der Waals surface area (Å²) >= 11 is 0. The van der Waals surface area contributed by atoms with Crippen LogP contribution in [0, 0.1) is 17.7 Å². The maximum Gasteiger partial charge on any atom is 0.225 e. The van der Waals surface area contributed by atoms with E-state index < -0.39 is 0 Å². The van der Waals surface area contributed by atoms with Crippen LogP contribution in [0.25, 0.3) is 0 Å². The van der Waals surface area contributed by atoms with Crippen LogP contribution in [0.15, 0.2) is 24.3 Å². The van der Waals surface area contributed by atoms with E-state index in [2.05, 4.69) is 10.2 Å². The van der Waals surface area contributed by atoms with Crippen LogP contribution in [0.2, 0.25) is 0 Å². The molecule has 4 heterocycles. The molecule has 0 aliphatic carbocycles. The van der Waals surface area contributed by atoms with Crippen LogP contribution in [0.5, 0.6) is 0 Å². The first kappa shape index (κ1) is 17.5. The Bertz CT molecular complexity index is 685. The first-order valence-corrected chi connectivity index (χ1v) is 9.57. The molecule has 3 atom stereocenters. The fourth-order valence-electron chi connectivity index (χ4n) is 4.85. The predicted octanol–water partition coefficient (Wildman–Crippen LogP) is 1.95. The lowest BCUT2D eigenvalue weighted by Crippen LogP contribution is -2.59. The van der Waals surface area contributed by atoms with Crippen LogP contribution in [-0.2, 0) is 9.59 Å². The maximum atomic E-state index is 13.3. The van der Waals surface area contributed by atoms with E-state index in [1.165, 1.54) is 12.1 Å². The summed E-state index contributed by atoms with van der Waals surface area (Å²) in [4.78, 5) is 29.4. The molecule has 5 rings (SSSR count). The number of amides is 2. The Morgan fingerprint density at radius 3 is 2.46 bits per heavy atom. The molecule has 5 nitrogen and oxygen atoms in total. The number of piperidine rings is 4. The van der Waals surface area contributed by atoms with Crippen molar-refractivity contribution >= 4 is 11.8 Å². The summed E-state index contributed by atoms with van der Waals surface area (Å²) in [6.07, 6.45) is 3.22. The minimum Gasteiger partial charge on any atom is -0.351 e. The fourth-order valence-corrected chi connectivity index (χ4v) is 4.85. The number of halogens is 1. The Hall–Kier alpha value is -1.95. The van der Waals surface area contributed by atoms with E-state index in [-0.39, 0.29) is 35.6 Å². The Morgan fingerprint density at radius 2 is 1.85 bits per heavy atom. The quantitative estimate of drug-likeness (QED) is 0.897. The van der Waals surface area contributed by atoms with Gasteiger partial charge in [-0.2, -0.15) is 0 Å². The van der Waals surface area contributed by atoms with Gasteiger partial charge in [-0.1, -0.05) is 12.1 Å². The highest BCUT2D eigenvalue weighted by atomic mass is 19.1. The second kappa shape index (κ2) is 6.99. The average Bonchev–Trinajstić information content (AvgIpc) is 2.65. The second-order valence-electron chi connectivity index (χ2n) is 7.90. The van der Waals surface area contributed by atoms with Crippen molar-refractivity contribution in [2.24, 2.45) is 11.8 Å². The summed E-state index contributed by atoms with van der Waals surface area (Å²) in [6, 6.07) is 6.03. The molecule has 4 fully saturated rings. The van der Waals surface area contributed by atoms with Crippen molar-refractivity contribution < 1.29 is 14.0 Å². The number of benzene rings is 1. The molecule has 4 saturated heterocycles. The predicted molar refractivity (Wildman–Crippen MR) is 95.7 cm³/mol. The summed E-state index contributed by atoms with van der Waals surface area (Å²) in [6.45, 7) is 3.20. The van der Waals surface area contributed by atoms with Crippen molar-refractivity contribution in [2.45, 2.75) is 37.8 Å².